The first kappa shape index (κ1) is 14.4. The maximum absolute atomic E-state index is 13.5. The monoisotopic (exact) mass is 302 g/mol. The van der Waals surface area contributed by atoms with Gasteiger partial charge in [0.15, 0.2) is 11.5 Å². The van der Waals surface area contributed by atoms with E-state index in [1.165, 1.54) is 24.5 Å². The van der Waals surface area contributed by atoms with Gasteiger partial charge in [0.05, 0.1) is 18.0 Å². The summed E-state index contributed by atoms with van der Waals surface area (Å²) < 4.78 is 20.2. The van der Waals surface area contributed by atoms with Crippen molar-refractivity contribution in [1.82, 2.24) is 9.55 Å². The number of aromatic nitrogens is 2. The zero-order valence-electron chi connectivity index (χ0n) is 12.3. The fourth-order valence-electron chi connectivity index (χ4n) is 2.71. The van der Waals surface area contributed by atoms with Crippen LogP contribution in [0.2, 0.25) is 0 Å². The lowest BCUT2D eigenvalue weighted by Crippen LogP contribution is -2.15. The number of hydrogen-bond donors (Lipinski definition) is 0. The van der Waals surface area contributed by atoms with Gasteiger partial charge in [0, 0.05) is 17.9 Å². The van der Waals surface area contributed by atoms with Gasteiger partial charge in [-0.1, -0.05) is 6.92 Å². The molecule has 2 heterocycles. The van der Waals surface area contributed by atoms with Gasteiger partial charge in [-0.15, -0.1) is 0 Å². The van der Waals surface area contributed by atoms with Gasteiger partial charge >= 0.3 is 5.97 Å². The van der Waals surface area contributed by atoms with Crippen molar-refractivity contribution in [1.29, 1.82) is 0 Å². The van der Waals surface area contributed by atoms with Crippen molar-refractivity contribution >= 4 is 11.8 Å². The first-order valence-electron chi connectivity index (χ1n) is 7.10. The third kappa shape index (κ3) is 2.20. The number of imidazole rings is 1. The Labute approximate surface area is 126 Å². The van der Waals surface area contributed by atoms with E-state index in [4.69, 9.17) is 4.74 Å². The molecule has 1 atom stereocenters. The maximum atomic E-state index is 13.5. The van der Waals surface area contributed by atoms with Crippen LogP contribution in [0.5, 0.6) is 0 Å². The molecule has 3 rings (SSSR count). The van der Waals surface area contributed by atoms with E-state index in [1.54, 1.807) is 18.4 Å². The van der Waals surface area contributed by atoms with Crippen molar-refractivity contribution in [2.75, 3.05) is 6.61 Å². The Morgan fingerprint density at radius 1 is 1.50 bits per heavy atom. The molecule has 0 saturated carbocycles. The molecule has 0 bridgehead atoms. The Morgan fingerprint density at radius 2 is 2.27 bits per heavy atom. The van der Waals surface area contributed by atoms with Crippen molar-refractivity contribution in [3.8, 4) is 5.69 Å². The average Bonchev–Trinajstić information content (AvgIpc) is 2.86. The van der Waals surface area contributed by atoms with Crippen LogP contribution in [0.1, 0.15) is 40.4 Å². The number of rotatable bonds is 2. The Hall–Kier alpha value is -2.50. The lowest BCUT2D eigenvalue weighted by atomic mass is 9.95. The molecule has 1 aromatic carbocycles. The second-order valence-electron chi connectivity index (χ2n) is 5.26. The van der Waals surface area contributed by atoms with Crippen LogP contribution in [-0.4, -0.2) is 27.9 Å². The summed E-state index contributed by atoms with van der Waals surface area (Å²) in [6, 6.07) is 4.05. The summed E-state index contributed by atoms with van der Waals surface area (Å²) in [5, 5.41) is 0. The van der Waals surface area contributed by atoms with Gasteiger partial charge in [0.2, 0.25) is 0 Å². The maximum Gasteiger partial charge on any atom is 0.358 e. The molecule has 2 aromatic rings. The normalized spacial score (nSPS) is 16.7. The van der Waals surface area contributed by atoms with E-state index >= 15 is 0 Å². The molecule has 0 radical (unpaired) electrons. The number of hydrogen-bond acceptors (Lipinski definition) is 4. The van der Waals surface area contributed by atoms with Gasteiger partial charge < -0.3 is 9.30 Å². The largest absolute Gasteiger partial charge is 0.461 e. The van der Waals surface area contributed by atoms with Crippen LogP contribution in [-0.2, 0) is 11.2 Å². The van der Waals surface area contributed by atoms with E-state index in [-0.39, 0.29) is 24.0 Å². The third-order valence-corrected chi connectivity index (χ3v) is 3.77. The molecular formula is C16H15FN2O3. The lowest BCUT2D eigenvalue weighted by molar-refractivity contribution is 0.0518. The first-order chi connectivity index (χ1) is 10.5. The van der Waals surface area contributed by atoms with Crippen molar-refractivity contribution in [3.05, 3.63) is 47.3 Å². The molecule has 5 nitrogen and oxygen atoms in total. The fourth-order valence-corrected chi connectivity index (χ4v) is 2.71. The molecule has 0 N–H and O–H groups in total. The fraction of sp³-hybridized carbons (Fsp3) is 0.312. The summed E-state index contributed by atoms with van der Waals surface area (Å²) in [7, 11) is 0. The molecule has 0 saturated heterocycles. The number of nitrogens with zero attached hydrogens (tertiary/aromatic N) is 2. The molecule has 1 aromatic heterocycles. The molecule has 114 valence electrons. The summed E-state index contributed by atoms with van der Waals surface area (Å²) in [6.07, 6.45) is 1.83. The predicted molar refractivity (Wildman–Crippen MR) is 76.7 cm³/mol. The highest BCUT2D eigenvalue weighted by atomic mass is 19.1. The van der Waals surface area contributed by atoms with Gasteiger partial charge in [-0.05, 0) is 25.1 Å². The first-order valence-corrected chi connectivity index (χ1v) is 7.10. The predicted octanol–water partition coefficient (Wildman–Crippen LogP) is 2.56. The smallest absolute Gasteiger partial charge is 0.358 e. The van der Waals surface area contributed by atoms with Crippen molar-refractivity contribution < 1.29 is 18.7 Å². The number of carbonyl (C=O) groups is 2. The molecule has 1 unspecified atom stereocenters. The number of Topliss-reactive ketones (excluding diaryl/α,β-unsaturated/α-hetero) is 1. The molecule has 0 spiro atoms. The van der Waals surface area contributed by atoms with E-state index < -0.39 is 11.8 Å². The quantitative estimate of drug-likeness (QED) is 0.800. The van der Waals surface area contributed by atoms with Crippen LogP contribution in [0.25, 0.3) is 5.69 Å². The van der Waals surface area contributed by atoms with Crippen LogP contribution in [0.4, 0.5) is 4.39 Å². The van der Waals surface area contributed by atoms with Crippen LogP contribution in [0.3, 0.4) is 0 Å². The topological polar surface area (TPSA) is 61.2 Å². The number of benzene rings is 1. The molecule has 1 aliphatic rings. The minimum Gasteiger partial charge on any atom is -0.461 e. The Balaban J connectivity index is 2.20. The zero-order chi connectivity index (χ0) is 15.9. The van der Waals surface area contributed by atoms with E-state index in [0.717, 1.165) is 0 Å². The molecule has 0 fully saturated rings. The second kappa shape index (κ2) is 5.36. The number of fused-ring (bicyclic) bond motifs is 3. The standard InChI is InChI=1S/C16H15FN2O3/c1-3-22-16(21)14-13-6-9(2)15(20)11-7-10(17)4-5-12(11)19(13)8-18-14/h4-5,7-9H,3,6H2,1-2H3. The van der Waals surface area contributed by atoms with Gasteiger partial charge in [-0.3, -0.25) is 4.79 Å². The Kier molecular flexibility index (Phi) is 3.52. The second-order valence-corrected chi connectivity index (χ2v) is 5.26. The van der Waals surface area contributed by atoms with E-state index in [1.807, 2.05) is 0 Å². The molecule has 0 aliphatic carbocycles. The number of ketones is 1. The summed E-state index contributed by atoms with van der Waals surface area (Å²) in [5.41, 5.74) is 1.66. The van der Waals surface area contributed by atoms with Crippen LogP contribution in [0, 0.1) is 11.7 Å². The molecule has 6 heteroatoms. The highest BCUT2D eigenvalue weighted by molar-refractivity contribution is 6.02. The average molecular weight is 302 g/mol. The Bertz CT molecular complexity index is 767. The number of esters is 1. The minimum atomic E-state index is -0.513. The molecule has 1 aliphatic heterocycles. The molecule has 0 amide bonds. The van der Waals surface area contributed by atoms with Gasteiger partial charge in [0.1, 0.15) is 12.1 Å². The van der Waals surface area contributed by atoms with E-state index in [2.05, 4.69) is 4.98 Å². The SMILES string of the molecule is CCOC(=O)c1ncn2c1CC(C)C(=O)c1cc(F)ccc1-2. The molecular weight excluding hydrogens is 287 g/mol. The number of carbonyl (C=O) groups excluding carboxylic acids is 2. The minimum absolute atomic E-state index is 0.145. The van der Waals surface area contributed by atoms with E-state index in [0.29, 0.717) is 23.4 Å². The summed E-state index contributed by atoms with van der Waals surface area (Å²) in [6.45, 7) is 3.73. The van der Waals surface area contributed by atoms with Crippen LogP contribution in [0.15, 0.2) is 24.5 Å². The number of halogens is 1. The highest BCUT2D eigenvalue weighted by Gasteiger charge is 2.30. The highest BCUT2D eigenvalue weighted by Crippen LogP contribution is 2.29. The van der Waals surface area contributed by atoms with Crippen molar-refractivity contribution in [3.63, 3.8) is 0 Å². The zero-order valence-corrected chi connectivity index (χ0v) is 12.3. The van der Waals surface area contributed by atoms with E-state index in [9.17, 15) is 14.0 Å². The molecule has 22 heavy (non-hydrogen) atoms. The van der Waals surface area contributed by atoms with Crippen LogP contribution < -0.4 is 0 Å². The van der Waals surface area contributed by atoms with Gasteiger partial charge in [-0.25, -0.2) is 14.2 Å². The Morgan fingerprint density at radius 3 is 3.00 bits per heavy atom. The number of ether oxygens (including phenoxy) is 1. The van der Waals surface area contributed by atoms with Crippen LogP contribution >= 0.6 is 0 Å². The van der Waals surface area contributed by atoms with Gasteiger partial charge in [-0.2, -0.15) is 0 Å². The summed E-state index contributed by atoms with van der Waals surface area (Å²) in [4.78, 5) is 28.6. The lowest BCUT2D eigenvalue weighted by Gasteiger charge is -2.08. The van der Waals surface area contributed by atoms with Gasteiger partial charge in [0.25, 0.3) is 0 Å². The van der Waals surface area contributed by atoms with Crippen molar-refractivity contribution in [2.45, 2.75) is 20.3 Å². The summed E-state index contributed by atoms with van der Waals surface area (Å²) >= 11 is 0. The third-order valence-electron chi connectivity index (χ3n) is 3.77. The summed E-state index contributed by atoms with van der Waals surface area (Å²) in [5.74, 6) is -1.49. The van der Waals surface area contributed by atoms with Crippen molar-refractivity contribution in [2.24, 2.45) is 5.92 Å².